The van der Waals surface area contributed by atoms with E-state index in [0.717, 1.165) is 96.3 Å². The average molecular weight is 1110 g/mol. The predicted molar refractivity (Wildman–Crippen MR) is 317 cm³/mol. The van der Waals surface area contributed by atoms with Gasteiger partial charge in [0.05, 0.1) is 12.7 Å². The van der Waals surface area contributed by atoms with Gasteiger partial charge in [-0.2, -0.15) is 0 Å². The summed E-state index contributed by atoms with van der Waals surface area (Å²) in [6.07, 6.45) is 51.5. The van der Waals surface area contributed by atoms with Crippen LogP contribution in [0.3, 0.4) is 0 Å². The summed E-state index contributed by atoms with van der Waals surface area (Å²) >= 11 is 1.19. The van der Waals surface area contributed by atoms with Crippen molar-refractivity contribution in [1.29, 1.82) is 0 Å². The fourth-order valence-corrected chi connectivity index (χ4v) is 12.2. The van der Waals surface area contributed by atoms with Gasteiger partial charge in [-0.1, -0.05) is 264 Å². The molecule has 4 unspecified atom stereocenters. The molecule has 0 amide bonds. The van der Waals surface area contributed by atoms with Crippen LogP contribution in [0.25, 0.3) is 0 Å². The Morgan fingerprint density at radius 3 is 1.16 bits per heavy atom. The zero-order chi connectivity index (χ0) is 54.7. The molecule has 0 aromatic rings. The Balaban J connectivity index is 2.63. The molecule has 0 radical (unpaired) electrons. The zero-order valence-corrected chi connectivity index (χ0v) is 50.5. The van der Waals surface area contributed by atoms with Crippen molar-refractivity contribution in [3.63, 3.8) is 0 Å². The molecule has 1 fully saturated rings. The van der Waals surface area contributed by atoms with Crippen LogP contribution in [-0.4, -0.2) is 109 Å². The van der Waals surface area contributed by atoms with Crippen molar-refractivity contribution in [2.24, 2.45) is 0 Å². The SMILES string of the molecule is CCCCCCCCCCCCCCCCCCOCC(CC(CCCCCC/C=C\CCCCCCCCP(=O)(O)O)SOC1[C@@H](O)[C@H](O)C(O)[C@H](O)[C@@H]1O)OCCCCCCCCCCCCCCCCCC. The van der Waals surface area contributed by atoms with Gasteiger partial charge in [-0.15, -0.1) is 0 Å². The summed E-state index contributed by atoms with van der Waals surface area (Å²) in [4.78, 5) is 18.0. The third-order valence-electron chi connectivity index (χ3n) is 15.6. The Morgan fingerprint density at radius 2 is 0.760 bits per heavy atom. The first-order valence-electron chi connectivity index (χ1n) is 32.1. The van der Waals surface area contributed by atoms with E-state index in [2.05, 4.69) is 26.0 Å². The molecule has 7 N–H and O–H groups in total. The monoisotopic (exact) mass is 1110 g/mol. The molecule has 0 aliphatic heterocycles. The molecule has 448 valence electrons. The van der Waals surface area contributed by atoms with E-state index in [1.54, 1.807) is 0 Å². The molecule has 8 atom stereocenters. The summed E-state index contributed by atoms with van der Waals surface area (Å²) < 4.78 is 30.0. The van der Waals surface area contributed by atoms with E-state index in [9.17, 15) is 30.1 Å². The summed E-state index contributed by atoms with van der Waals surface area (Å²) in [5.74, 6) is 0. The minimum atomic E-state index is -3.87. The molecule has 0 heterocycles. The summed E-state index contributed by atoms with van der Waals surface area (Å²) in [5, 5.41) is 52.5. The molecule has 13 heteroatoms. The normalized spacial score (nSPS) is 20.2. The van der Waals surface area contributed by atoms with Crippen molar-refractivity contribution in [1.82, 2.24) is 0 Å². The Hall–Kier alpha value is -0.0800. The number of unbranched alkanes of at least 4 members (excludes halogenated alkanes) is 40. The van der Waals surface area contributed by atoms with E-state index < -0.39 is 44.2 Å². The minimum Gasteiger partial charge on any atom is -0.387 e. The highest BCUT2D eigenvalue weighted by Crippen LogP contribution is 2.36. The number of allylic oxidation sites excluding steroid dienone is 2. The van der Waals surface area contributed by atoms with Gasteiger partial charge >= 0.3 is 7.60 Å². The van der Waals surface area contributed by atoms with Crippen molar-refractivity contribution in [3.8, 4) is 0 Å². The van der Waals surface area contributed by atoms with Crippen LogP contribution in [0, 0.1) is 0 Å². The maximum absolute atomic E-state index is 11.0. The molecular weight excluding hydrogens is 984 g/mol. The number of ether oxygens (including phenoxy) is 2. The van der Waals surface area contributed by atoms with Gasteiger partial charge in [-0.3, -0.25) is 4.57 Å². The summed E-state index contributed by atoms with van der Waals surface area (Å²) in [7, 11) is -3.87. The highest BCUT2D eigenvalue weighted by Gasteiger charge is 2.49. The molecule has 0 spiro atoms. The van der Waals surface area contributed by atoms with Gasteiger partial charge in [-0.05, 0) is 69.8 Å². The van der Waals surface area contributed by atoms with Crippen LogP contribution in [0.1, 0.15) is 309 Å². The second kappa shape index (κ2) is 53.2. The van der Waals surface area contributed by atoms with Crippen molar-refractivity contribution in [3.05, 3.63) is 12.2 Å². The standard InChI is InChI=1S/C62H123O11PS/c1-3-5-7-9-11-13-15-17-19-22-26-30-34-38-42-46-50-71-54-55(72-51-47-43-39-35-31-27-23-20-18-16-14-12-10-8-6-4-2)53-56(75-73-62-60(66)58(64)57(63)59(65)61(62)67)49-45-41-37-33-29-25-21-24-28-32-36-40-44-48-52-74(68,69)70/h21,25,55-67H,3-20,22-24,26-54H2,1-2H3,(H2,68,69,70)/b25-21-/t55?,56?,57?,58-,59+,60-,61-,62?/m0/s1. The fraction of sp³-hybridized carbons (Fsp3) is 0.968. The molecule has 0 aromatic heterocycles. The summed E-state index contributed by atoms with van der Waals surface area (Å²) in [6, 6.07) is 0. The maximum atomic E-state index is 11.0. The average Bonchev–Trinajstić information content (AvgIpc) is 3.39. The molecule has 0 aromatic carbocycles. The molecule has 75 heavy (non-hydrogen) atoms. The lowest BCUT2D eigenvalue weighted by Crippen LogP contribution is -2.63. The van der Waals surface area contributed by atoms with Gasteiger partial charge in [-0.25, -0.2) is 0 Å². The molecule has 11 nitrogen and oxygen atoms in total. The number of aliphatic hydroxyl groups is 5. The highest BCUT2D eigenvalue weighted by atomic mass is 32.2. The topological polar surface area (TPSA) is 186 Å². The molecule has 0 bridgehead atoms. The Labute approximate surface area is 466 Å². The van der Waals surface area contributed by atoms with E-state index in [4.69, 9.17) is 23.4 Å². The van der Waals surface area contributed by atoms with E-state index in [1.165, 1.54) is 198 Å². The molecule has 1 aliphatic rings. The maximum Gasteiger partial charge on any atom is 0.325 e. The molecule has 1 rings (SSSR count). The zero-order valence-electron chi connectivity index (χ0n) is 48.7. The van der Waals surface area contributed by atoms with Crippen LogP contribution < -0.4 is 0 Å². The van der Waals surface area contributed by atoms with Crippen LogP contribution in [0.4, 0.5) is 0 Å². The summed E-state index contributed by atoms with van der Waals surface area (Å²) in [6.45, 7) is 6.45. The number of rotatable bonds is 58. The second-order valence-electron chi connectivity index (χ2n) is 22.9. The van der Waals surface area contributed by atoms with Crippen LogP contribution in [-0.2, 0) is 18.2 Å². The first-order valence-corrected chi connectivity index (χ1v) is 34.7. The van der Waals surface area contributed by atoms with E-state index in [-0.39, 0.29) is 17.5 Å². The fourth-order valence-electron chi connectivity index (χ4n) is 10.5. The van der Waals surface area contributed by atoms with Crippen LogP contribution in [0.2, 0.25) is 0 Å². The van der Waals surface area contributed by atoms with Crippen molar-refractivity contribution in [2.45, 2.75) is 357 Å². The van der Waals surface area contributed by atoms with Gasteiger partial charge in [0.2, 0.25) is 0 Å². The van der Waals surface area contributed by atoms with Gasteiger partial charge in [0, 0.05) is 24.6 Å². The lowest BCUT2D eigenvalue weighted by molar-refractivity contribution is -0.214. The minimum absolute atomic E-state index is 0.00566. The van der Waals surface area contributed by atoms with Gasteiger partial charge < -0.3 is 49.0 Å². The Kier molecular flexibility index (Phi) is 51.8. The first-order chi connectivity index (χ1) is 36.5. The van der Waals surface area contributed by atoms with Crippen molar-refractivity contribution in [2.75, 3.05) is 26.0 Å². The lowest BCUT2D eigenvalue weighted by atomic mass is 9.85. The first kappa shape index (κ1) is 72.9. The van der Waals surface area contributed by atoms with E-state index in [0.29, 0.717) is 32.7 Å². The largest absolute Gasteiger partial charge is 0.387 e. The number of hydrogen-bond donors (Lipinski definition) is 7. The van der Waals surface area contributed by atoms with Crippen LogP contribution in [0.15, 0.2) is 12.2 Å². The van der Waals surface area contributed by atoms with Crippen LogP contribution in [0.5, 0.6) is 0 Å². The number of aliphatic hydroxyl groups excluding tert-OH is 5. The predicted octanol–water partition coefficient (Wildman–Crippen LogP) is 16.3. The molecule has 0 saturated heterocycles. The van der Waals surface area contributed by atoms with E-state index in [1.807, 2.05) is 0 Å². The van der Waals surface area contributed by atoms with Crippen LogP contribution >= 0.6 is 19.6 Å². The van der Waals surface area contributed by atoms with Crippen molar-refractivity contribution < 1.29 is 53.5 Å². The smallest absolute Gasteiger partial charge is 0.325 e. The molecule has 1 saturated carbocycles. The quantitative estimate of drug-likeness (QED) is 0.0132. The highest BCUT2D eigenvalue weighted by molar-refractivity contribution is 7.95. The van der Waals surface area contributed by atoms with Crippen molar-refractivity contribution >= 4 is 19.6 Å². The molecule has 1 aliphatic carbocycles. The van der Waals surface area contributed by atoms with Gasteiger partial charge in [0.1, 0.15) is 36.6 Å². The Bertz CT molecular complexity index is 1240. The summed E-state index contributed by atoms with van der Waals surface area (Å²) in [5.41, 5.74) is 0. The Morgan fingerprint density at radius 1 is 0.427 bits per heavy atom. The lowest BCUT2D eigenvalue weighted by Gasteiger charge is -2.41. The third-order valence-corrected chi connectivity index (χ3v) is 17.5. The van der Waals surface area contributed by atoms with Gasteiger partial charge in [0.25, 0.3) is 0 Å². The van der Waals surface area contributed by atoms with Gasteiger partial charge in [0.15, 0.2) is 0 Å². The molecular formula is C62H123O11PS. The third kappa shape index (κ3) is 45.3. The number of hydrogen-bond acceptors (Lipinski definition) is 10. The second-order valence-corrected chi connectivity index (χ2v) is 25.7. The van der Waals surface area contributed by atoms with E-state index >= 15 is 0 Å².